The van der Waals surface area contributed by atoms with Crippen LogP contribution in [0.3, 0.4) is 0 Å². The van der Waals surface area contributed by atoms with Gasteiger partial charge in [-0.15, -0.1) is 0 Å². The first-order chi connectivity index (χ1) is 6.27. The summed E-state index contributed by atoms with van der Waals surface area (Å²) in [5.74, 6) is 0.717. The topological polar surface area (TPSA) is 81.1 Å². The van der Waals surface area contributed by atoms with Crippen molar-refractivity contribution in [1.82, 2.24) is 9.97 Å². The van der Waals surface area contributed by atoms with Gasteiger partial charge in [0.05, 0.1) is 11.9 Å². The number of rotatable bonds is 1. The third kappa shape index (κ3) is 1.49. The van der Waals surface area contributed by atoms with Crippen molar-refractivity contribution in [2.75, 3.05) is 29.5 Å². The van der Waals surface area contributed by atoms with Crippen molar-refractivity contribution in [3.8, 4) is 0 Å². The van der Waals surface area contributed by atoms with Gasteiger partial charge in [0.25, 0.3) is 0 Å². The van der Waals surface area contributed by atoms with Gasteiger partial charge >= 0.3 is 0 Å². The van der Waals surface area contributed by atoms with E-state index in [9.17, 15) is 0 Å². The average Bonchev–Trinajstić information content (AvgIpc) is 2.56. The minimum absolute atomic E-state index is 0.237. The van der Waals surface area contributed by atoms with Crippen molar-refractivity contribution in [2.45, 2.75) is 12.8 Å². The van der Waals surface area contributed by atoms with E-state index in [-0.39, 0.29) is 5.95 Å². The predicted octanol–water partition coefficient (Wildman–Crippen LogP) is 0.241. The second kappa shape index (κ2) is 3.08. The fourth-order valence-electron chi connectivity index (χ4n) is 1.60. The Morgan fingerprint density at radius 1 is 1.23 bits per heavy atom. The fraction of sp³-hybridized carbons (Fsp3) is 0.500. The molecule has 1 aromatic heterocycles. The maximum Gasteiger partial charge on any atom is 0.222 e. The Balaban J connectivity index is 2.29. The molecule has 1 aromatic rings. The number of aromatic nitrogens is 2. The van der Waals surface area contributed by atoms with Crippen LogP contribution in [0.5, 0.6) is 0 Å². The van der Waals surface area contributed by atoms with Crippen LogP contribution in [-0.2, 0) is 0 Å². The van der Waals surface area contributed by atoms with Gasteiger partial charge in [0.1, 0.15) is 0 Å². The maximum absolute atomic E-state index is 5.73. The number of nitrogens with zero attached hydrogens (tertiary/aromatic N) is 3. The number of hydrogen-bond acceptors (Lipinski definition) is 5. The molecule has 0 amide bonds. The molecule has 1 aliphatic heterocycles. The first-order valence-electron chi connectivity index (χ1n) is 4.40. The van der Waals surface area contributed by atoms with Gasteiger partial charge in [-0.05, 0) is 12.8 Å². The van der Waals surface area contributed by atoms with Gasteiger partial charge in [0.15, 0.2) is 5.82 Å². The molecule has 0 atom stereocenters. The van der Waals surface area contributed by atoms with Crippen LogP contribution in [0.1, 0.15) is 12.8 Å². The zero-order valence-corrected chi connectivity index (χ0v) is 7.40. The van der Waals surface area contributed by atoms with E-state index in [0.717, 1.165) is 18.8 Å². The van der Waals surface area contributed by atoms with Crippen LogP contribution >= 0.6 is 0 Å². The third-order valence-corrected chi connectivity index (χ3v) is 2.26. The van der Waals surface area contributed by atoms with E-state index in [0.29, 0.717) is 5.82 Å². The van der Waals surface area contributed by atoms with E-state index in [1.807, 2.05) is 0 Å². The number of nitrogen functional groups attached to an aromatic ring is 2. The molecule has 0 saturated carbocycles. The summed E-state index contributed by atoms with van der Waals surface area (Å²) < 4.78 is 0. The summed E-state index contributed by atoms with van der Waals surface area (Å²) in [7, 11) is 0. The number of nitrogens with two attached hydrogens (primary N) is 2. The van der Waals surface area contributed by atoms with Gasteiger partial charge in [-0.25, -0.2) is 4.98 Å². The van der Waals surface area contributed by atoms with E-state index in [2.05, 4.69) is 14.9 Å². The van der Waals surface area contributed by atoms with E-state index < -0.39 is 0 Å². The second-order valence-corrected chi connectivity index (χ2v) is 3.19. The summed E-state index contributed by atoms with van der Waals surface area (Å²) in [4.78, 5) is 10.0. The van der Waals surface area contributed by atoms with E-state index in [1.165, 1.54) is 12.8 Å². The molecule has 2 rings (SSSR count). The predicted molar refractivity (Wildman–Crippen MR) is 52.3 cm³/mol. The van der Waals surface area contributed by atoms with Crippen molar-refractivity contribution >= 4 is 17.5 Å². The number of hydrogen-bond donors (Lipinski definition) is 2. The summed E-state index contributed by atoms with van der Waals surface area (Å²) >= 11 is 0. The highest BCUT2D eigenvalue weighted by molar-refractivity contribution is 5.63. The molecule has 70 valence electrons. The molecule has 1 saturated heterocycles. The second-order valence-electron chi connectivity index (χ2n) is 3.19. The Hall–Kier alpha value is -1.52. The zero-order chi connectivity index (χ0) is 9.26. The largest absolute Gasteiger partial charge is 0.382 e. The van der Waals surface area contributed by atoms with Gasteiger partial charge < -0.3 is 16.4 Å². The van der Waals surface area contributed by atoms with Crippen molar-refractivity contribution < 1.29 is 0 Å². The van der Waals surface area contributed by atoms with Crippen LogP contribution in [0.4, 0.5) is 17.5 Å². The summed E-state index contributed by atoms with van der Waals surface area (Å²) in [6.07, 6.45) is 4.12. The lowest BCUT2D eigenvalue weighted by molar-refractivity contribution is 0.949. The molecule has 5 nitrogen and oxygen atoms in total. The highest BCUT2D eigenvalue weighted by Gasteiger charge is 2.15. The van der Waals surface area contributed by atoms with Gasteiger partial charge in [-0.3, -0.25) is 0 Å². The molecule has 0 unspecified atom stereocenters. The highest BCUT2D eigenvalue weighted by Crippen LogP contribution is 2.24. The molecule has 4 N–H and O–H groups in total. The molecule has 0 radical (unpaired) electrons. The molecule has 0 aromatic carbocycles. The van der Waals surface area contributed by atoms with E-state index in [1.54, 1.807) is 6.20 Å². The van der Waals surface area contributed by atoms with Crippen LogP contribution in [0.25, 0.3) is 0 Å². The average molecular weight is 179 g/mol. The summed E-state index contributed by atoms with van der Waals surface area (Å²) in [5, 5.41) is 0. The van der Waals surface area contributed by atoms with E-state index >= 15 is 0 Å². The van der Waals surface area contributed by atoms with Crippen LogP contribution in [0.15, 0.2) is 6.20 Å². The molecule has 1 aliphatic rings. The Kier molecular flexibility index (Phi) is 1.92. The molecular weight excluding hydrogens is 166 g/mol. The van der Waals surface area contributed by atoms with Crippen LogP contribution < -0.4 is 16.4 Å². The van der Waals surface area contributed by atoms with Gasteiger partial charge in [0.2, 0.25) is 5.95 Å². The van der Waals surface area contributed by atoms with Crippen LogP contribution in [0.2, 0.25) is 0 Å². The summed E-state index contributed by atoms with van der Waals surface area (Å²) in [6.45, 7) is 2.08. The molecule has 2 heterocycles. The molecule has 0 aliphatic carbocycles. The molecule has 0 spiro atoms. The Morgan fingerprint density at radius 2 is 1.92 bits per heavy atom. The quantitative estimate of drug-likeness (QED) is 0.645. The normalized spacial score (nSPS) is 16.5. The van der Waals surface area contributed by atoms with Crippen molar-refractivity contribution in [1.29, 1.82) is 0 Å². The number of anilines is 3. The Bertz CT molecular complexity index is 305. The minimum atomic E-state index is 0.237. The molecular formula is C8H13N5. The van der Waals surface area contributed by atoms with Gasteiger partial charge in [-0.1, -0.05) is 0 Å². The molecule has 5 heteroatoms. The Morgan fingerprint density at radius 3 is 2.54 bits per heavy atom. The van der Waals surface area contributed by atoms with Crippen LogP contribution in [-0.4, -0.2) is 23.1 Å². The smallest absolute Gasteiger partial charge is 0.222 e. The Labute approximate surface area is 76.8 Å². The van der Waals surface area contributed by atoms with Crippen molar-refractivity contribution in [3.05, 3.63) is 6.20 Å². The highest BCUT2D eigenvalue weighted by atomic mass is 15.2. The van der Waals surface area contributed by atoms with E-state index in [4.69, 9.17) is 11.5 Å². The lowest BCUT2D eigenvalue weighted by atomic mass is 10.4. The van der Waals surface area contributed by atoms with Crippen molar-refractivity contribution in [2.24, 2.45) is 0 Å². The molecule has 1 fully saturated rings. The fourth-order valence-corrected chi connectivity index (χ4v) is 1.60. The standard InChI is InChI=1S/C8H13N5/c9-7-6(5-11-8(10)12-7)13-3-1-2-4-13/h5H,1-4H2,(H4,9,10,11,12). The molecule has 0 bridgehead atoms. The minimum Gasteiger partial charge on any atom is -0.382 e. The van der Waals surface area contributed by atoms with Gasteiger partial charge in [0, 0.05) is 13.1 Å². The maximum atomic E-state index is 5.73. The molecule has 13 heavy (non-hydrogen) atoms. The first-order valence-corrected chi connectivity index (χ1v) is 4.40. The van der Waals surface area contributed by atoms with Crippen LogP contribution in [0, 0.1) is 0 Å². The first kappa shape index (κ1) is 8.10. The lowest BCUT2D eigenvalue weighted by Gasteiger charge is -2.17. The van der Waals surface area contributed by atoms with Crippen molar-refractivity contribution in [3.63, 3.8) is 0 Å². The van der Waals surface area contributed by atoms with Gasteiger partial charge in [-0.2, -0.15) is 4.98 Å². The summed E-state index contributed by atoms with van der Waals surface area (Å²) in [5.41, 5.74) is 12.0. The monoisotopic (exact) mass is 179 g/mol. The third-order valence-electron chi connectivity index (χ3n) is 2.26. The zero-order valence-electron chi connectivity index (χ0n) is 7.40. The SMILES string of the molecule is Nc1ncc(N2CCCC2)c(N)n1. The lowest BCUT2D eigenvalue weighted by Crippen LogP contribution is -2.20. The summed E-state index contributed by atoms with van der Waals surface area (Å²) in [6, 6.07) is 0.